The highest BCUT2D eigenvalue weighted by Gasteiger charge is 2.29. The van der Waals surface area contributed by atoms with Gasteiger partial charge in [-0.05, 0) is 40.5 Å². The molecule has 0 spiro atoms. The molecule has 0 heterocycles. The molecule has 0 saturated heterocycles. The largest absolute Gasteiger partial charge is 0.478 e. The van der Waals surface area contributed by atoms with Crippen LogP contribution in [0.5, 0.6) is 0 Å². The van der Waals surface area contributed by atoms with Gasteiger partial charge in [-0.3, -0.25) is 4.79 Å². The number of hydrogen-bond donors (Lipinski definition) is 3. The second-order valence-electron chi connectivity index (χ2n) is 8.10. The summed E-state index contributed by atoms with van der Waals surface area (Å²) in [6.45, 7) is 1.90. The van der Waals surface area contributed by atoms with E-state index < -0.39 is 18.0 Å². The minimum absolute atomic E-state index is 0.0213. The van der Waals surface area contributed by atoms with Crippen molar-refractivity contribution in [3.05, 3.63) is 88.4 Å². The number of carboxylic acids is 1. The van der Waals surface area contributed by atoms with Crippen LogP contribution in [0.3, 0.4) is 0 Å². The van der Waals surface area contributed by atoms with Crippen LogP contribution in [0.1, 0.15) is 34.3 Å². The van der Waals surface area contributed by atoms with Gasteiger partial charge in [-0.25, -0.2) is 9.59 Å². The van der Waals surface area contributed by atoms with Crippen molar-refractivity contribution in [2.24, 2.45) is 5.92 Å². The number of hydrogen-bond acceptors (Lipinski definition) is 4. The van der Waals surface area contributed by atoms with Crippen LogP contribution in [0.15, 0.2) is 66.7 Å². The molecule has 1 aliphatic carbocycles. The molecule has 0 fully saturated rings. The Morgan fingerprint density at radius 1 is 1.00 bits per heavy atom. The van der Waals surface area contributed by atoms with Gasteiger partial charge >= 0.3 is 12.1 Å². The molecule has 3 aromatic rings. The molecular weight excluding hydrogens is 456 g/mol. The molecule has 0 bridgehead atoms. The Morgan fingerprint density at radius 2 is 1.62 bits per heavy atom. The van der Waals surface area contributed by atoms with Crippen LogP contribution in [-0.4, -0.2) is 36.2 Å². The molecule has 3 aromatic carbocycles. The number of amides is 2. The lowest BCUT2D eigenvalue weighted by Crippen LogP contribution is -2.35. The summed E-state index contributed by atoms with van der Waals surface area (Å²) in [6.07, 6.45) is -0.606. The summed E-state index contributed by atoms with van der Waals surface area (Å²) < 4.78 is 5.48. The average Bonchev–Trinajstić information content (AvgIpc) is 3.16. The van der Waals surface area contributed by atoms with E-state index in [1.165, 1.54) is 18.2 Å². The van der Waals surface area contributed by atoms with Crippen LogP contribution < -0.4 is 10.6 Å². The number of anilines is 1. The van der Waals surface area contributed by atoms with Crippen molar-refractivity contribution in [1.82, 2.24) is 5.32 Å². The van der Waals surface area contributed by atoms with Gasteiger partial charge < -0.3 is 20.5 Å². The fourth-order valence-electron chi connectivity index (χ4n) is 3.98. The van der Waals surface area contributed by atoms with Crippen LogP contribution in [0.25, 0.3) is 11.1 Å². The Kier molecular flexibility index (Phi) is 6.84. The van der Waals surface area contributed by atoms with Gasteiger partial charge in [-0.15, -0.1) is 0 Å². The number of alkyl carbamates (subject to hydrolysis) is 1. The van der Waals surface area contributed by atoms with Crippen molar-refractivity contribution < 1.29 is 24.2 Å². The van der Waals surface area contributed by atoms with Crippen molar-refractivity contribution in [1.29, 1.82) is 0 Å². The van der Waals surface area contributed by atoms with Crippen molar-refractivity contribution in [3.8, 4) is 11.1 Å². The molecule has 7 nitrogen and oxygen atoms in total. The zero-order valence-corrected chi connectivity index (χ0v) is 19.1. The number of carboxylic acid groups (broad SMARTS) is 1. The summed E-state index contributed by atoms with van der Waals surface area (Å²) in [5.74, 6) is -2.10. The van der Waals surface area contributed by atoms with Gasteiger partial charge in [0.05, 0.1) is 22.2 Å². The summed E-state index contributed by atoms with van der Waals surface area (Å²) in [5, 5.41) is 14.4. The predicted molar refractivity (Wildman–Crippen MR) is 129 cm³/mol. The number of carbonyl (C=O) groups is 3. The summed E-state index contributed by atoms with van der Waals surface area (Å²) in [4.78, 5) is 35.8. The quantitative estimate of drug-likeness (QED) is 0.435. The Balaban J connectivity index is 1.30. The number of rotatable bonds is 7. The molecular formula is C26H23ClN2O5. The van der Waals surface area contributed by atoms with Gasteiger partial charge in [0.2, 0.25) is 5.91 Å². The lowest BCUT2D eigenvalue weighted by atomic mass is 9.98. The molecule has 1 aliphatic rings. The number of halogens is 1. The fraction of sp³-hybridized carbons (Fsp3) is 0.192. The maximum atomic E-state index is 12.5. The number of carbonyl (C=O) groups excluding carboxylic acids is 2. The van der Waals surface area contributed by atoms with Crippen LogP contribution >= 0.6 is 11.6 Å². The Hall–Kier alpha value is -3.84. The van der Waals surface area contributed by atoms with E-state index in [-0.39, 0.29) is 35.6 Å². The van der Waals surface area contributed by atoms with Gasteiger partial charge in [0.25, 0.3) is 0 Å². The summed E-state index contributed by atoms with van der Waals surface area (Å²) in [6, 6.07) is 20.2. The minimum Gasteiger partial charge on any atom is -0.478 e. The molecule has 174 valence electrons. The number of ether oxygens (including phenoxy) is 1. The van der Waals surface area contributed by atoms with Crippen molar-refractivity contribution in [3.63, 3.8) is 0 Å². The topological polar surface area (TPSA) is 105 Å². The maximum Gasteiger partial charge on any atom is 0.407 e. The van der Waals surface area contributed by atoms with Crippen LogP contribution in [0, 0.1) is 5.92 Å². The van der Waals surface area contributed by atoms with Gasteiger partial charge in [-0.2, -0.15) is 0 Å². The molecule has 34 heavy (non-hydrogen) atoms. The maximum absolute atomic E-state index is 12.5. The molecule has 2 amide bonds. The Morgan fingerprint density at radius 3 is 2.21 bits per heavy atom. The van der Waals surface area contributed by atoms with E-state index >= 15 is 0 Å². The minimum atomic E-state index is -1.11. The van der Waals surface area contributed by atoms with Crippen molar-refractivity contribution in [2.45, 2.75) is 12.8 Å². The van der Waals surface area contributed by atoms with E-state index in [0.717, 1.165) is 22.3 Å². The van der Waals surface area contributed by atoms with E-state index in [1.54, 1.807) is 6.92 Å². The molecule has 0 saturated carbocycles. The summed E-state index contributed by atoms with van der Waals surface area (Å²) >= 11 is 6.06. The van der Waals surface area contributed by atoms with Gasteiger partial charge in [0.15, 0.2) is 0 Å². The first-order chi connectivity index (χ1) is 16.3. The molecule has 8 heteroatoms. The van der Waals surface area contributed by atoms with Gasteiger partial charge in [-0.1, -0.05) is 67.1 Å². The summed E-state index contributed by atoms with van der Waals surface area (Å²) in [5.41, 5.74) is 4.85. The average molecular weight is 479 g/mol. The van der Waals surface area contributed by atoms with Crippen LogP contribution in [0.4, 0.5) is 10.5 Å². The molecule has 0 aliphatic heterocycles. The number of aromatic carboxylic acids is 1. The van der Waals surface area contributed by atoms with Crippen LogP contribution in [-0.2, 0) is 9.53 Å². The standard InChI is InChI=1S/C26H23ClN2O5/c1-15(24(30)29-23-11-10-16(25(31)32)12-22(23)27)13-28-26(33)34-14-21-19-8-4-2-6-17(19)18-7-3-5-9-20(18)21/h2-12,15,21H,13-14H2,1H3,(H,28,33)(H,29,30)(H,31,32). The number of nitrogens with one attached hydrogen (secondary N) is 2. The molecule has 1 unspecified atom stereocenters. The zero-order chi connectivity index (χ0) is 24.2. The number of benzene rings is 3. The van der Waals surface area contributed by atoms with Gasteiger partial charge in [0.1, 0.15) is 6.61 Å². The third kappa shape index (κ3) is 4.89. The molecule has 0 aromatic heterocycles. The van der Waals surface area contributed by atoms with Gasteiger partial charge in [0, 0.05) is 12.5 Å². The second kappa shape index (κ2) is 9.97. The third-order valence-corrected chi connectivity index (χ3v) is 6.13. The first kappa shape index (κ1) is 23.3. The second-order valence-corrected chi connectivity index (χ2v) is 8.50. The van der Waals surface area contributed by atoms with E-state index in [9.17, 15) is 14.4 Å². The van der Waals surface area contributed by atoms with Crippen molar-refractivity contribution in [2.75, 3.05) is 18.5 Å². The third-order valence-electron chi connectivity index (χ3n) is 5.82. The fourth-order valence-corrected chi connectivity index (χ4v) is 4.21. The van der Waals surface area contributed by atoms with E-state index in [1.807, 2.05) is 36.4 Å². The first-order valence-electron chi connectivity index (χ1n) is 10.8. The summed E-state index contributed by atoms with van der Waals surface area (Å²) in [7, 11) is 0. The predicted octanol–water partition coefficient (Wildman–Crippen LogP) is 5.15. The van der Waals surface area contributed by atoms with Crippen LogP contribution in [0.2, 0.25) is 5.02 Å². The lowest BCUT2D eigenvalue weighted by Gasteiger charge is -2.16. The highest BCUT2D eigenvalue weighted by atomic mass is 35.5. The van der Waals surface area contributed by atoms with Crippen molar-refractivity contribution >= 4 is 35.3 Å². The zero-order valence-electron chi connectivity index (χ0n) is 18.4. The number of fused-ring (bicyclic) bond motifs is 3. The molecule has 4 rings (SSSR count). The SMILES string of the molecule is CC(CNC(=O)OCC1c2ccccc2-c2ccccc21)C(=O)Nc1ccc(C(=O)O)cc1Cl. The highest BCUT2D eigenvalue weighted by molar-refractivity contribution is 6.34. The molecule has 0 radical (unpaired) electrons. The van der Waals surface area contributed by atoms with E-state index in [0.29, 0.717) is 5.69 Å². The highest BCUT2D eigenvalue weighted by Crippen LogP contribution is 2.44. The smallest absolute Gasteiger partial charge is 0.407 e. The van der Waals surface area contributed by atoms with E-state index in [2.05, 4.69) is 22.8 Å². The normalized spacial score (nSPS) is 12.9. The first-order valence-corrected chi connectivity index (χ1v) is 11.2. The molecule has 1 atom stereocenters. The van der Waals surface area contributed by atoms with E-state index in [4.69, 9.17) is 21.4 Å². The monoisotopic (exact) mass is 478 g/mol. The Labute approximate surface area is 201 Å². The lowest BCUT2D eigenvalue weighted by molar-refractivity contribution is -0.119. The Bertz CT molecular complexity index is 1210. The molecule has 3 N–H and O–H groups in total.